The number of ether oxygens (including phenoxy) is 3. The fourth-order valence-electron chi connectivity index (χ4n) is 6.47. The Morgan fingerprint density at radius 2 is 1.64 bits per heavy atom. The Balaban J connectivity index is 1.11. The zero-order valence-electron chi connectivity index (χ0n) is 27.0. The Morgan fingerprint density at radius 1 is 0.979 bits per heavy atom. The van der Waals surface area contributed by atoms with Crippen molar-refractivity contribution in [2.75, 3.05) is 38.2 Å². The van der Waals surface area contributed by atoms with Gasteiger partial charge < -0.3 is 24.4 Å². The van der Waals surface area contributed by atoms with Crippen molar-refractivity contribution in [3.05, 3.63) is 58.3 Å². The number of halogens is 2. The number of rotatable bonds is 9. The molecule has 6 rings (SSSR count). The van der Waals surface area contributed by atoms with Gasteiger partial charge in [-0.15, -0.1) is 0 Å². The quantitative estimate of drug-likeness (QED) is 0.255. The maximum absolute atomic E-state index is 12.2. The second-order valence-electron chi connectivity index (χ2n) is 13.6. The molecule has 1 saturated carbocycles. The lowest BCUT2D eigenvalue weighted by Gasteiger charge is -2.31. The van der Waals surface area contributed by atoms with Crippen LogP contribution in [0.3, 0.4) is 0 Å². The van der Waals surface area contributed by atoms with Crippen molar-refractivity contribution in [1.29, 1.82) is 0 Å². The molecule has 2 saturated heterocycles. The van der Waals surface area contributed by atoms with E-state index in [0.717, 1.165) is 50.1 Å². The van der Waals surface area contributed by atoms with E-state index >= 15 is 0 Å². The maximum Gasteiger partial charge on any atom is 0.407 e. The van der Waals surface area contributed by atoms with Gasteiger partial charge in [-0.25, -0.2) is 19.7 Å². The molecular formula is C34H40Cl2N6O5. The van der Waals surface area contributed by atoms with Gasteiger partial charge in [0, 0.05) is 65.6 Å². The number of carbonyl (C=O) groups is 2. The minimum absolute atomic E-state index is 0.122. The van der Waals surface area contributed by atoms with E-state index in [-0.39, 0.29) is 18.1 Å². The molecule has 2 aromatic heterocycles. The van der Waals surface area contributed by atoms with E-state index in [1.54, 1.807) is 18.5 Å². The smallest absolute Gasteiger partial charge is 0.407 e. The first kappa shape index (κ1) is 33.2. The number of hydrogen-bond acceptors (Lipinski definition) is 10. The molecule has 47 heavy (non-hydrogen) atoms. The van der Waals surface area contributed by atoms with Crippen LogP contribution in [0.4, 0.5) is 10.7 Å². The number of nitrogens with zero attached hydrogens (tertiary/aromatic N) is 5. The standard InChI is InChI=1S/C34H40Cl2N6O5/c1-34(2,3)47-33(44)40-31-26-18-42(19-27(26)31)32-37-15-25(16-38-32)46-29-10-21(9-28(39-29)22-12-23(35)14-24(36)13-22)17-41-7-5-20(6-8-41)11-30(43)45-4/h9-10,12-16,20,26-27,31H,5-8,11,17-19H2,1-4H3,(H,40,44)/t26-,27+,31?. The van der Waals surface area contributed by atoms with Crippen molar-refractivity contribution >= 4 is 41.2 Å². The third kappa shape index (κ3) is 8.63. The predicted molar refractivity (Wildman–Crippen MR) is 179 cm³/mol. The van der Waals surface area contributed by atoms with Crippen LogP contribution in [-0.4, -0.2) is 76.8 Å². The lowest BCUT2D eigenvalue weighted by Crippen LogP contribution is -2.38. The number of nitrogens with one attached hydrogen (secondary N) is 1. The zero-order chi connectivity index (χ0) is 33.3. The third-order valence-electron chi connectivity index (χ3n) is 8.81. The van der Waals surface area contributed by atoms with Crippen molar-refractivity contribution in [1.82, 2.24) is 25.2 Å². The molecule has 1 N–H and O–H groups in total. The Hall–Kier alpha value is -3.67. The summed E-state index contributed by atoms with van der Waals surface area (Å²) in [5, 5.41) is 4.03. The molecule has 0 spiro atoms. The van der Waals surface area contributed by atoms with Crippen LogP contribution in [0.15, 0.2) is 42.7 Å². The van der Waals surface area contributed by atoms with Gasteiger partial charge in [0.05, 0.1) is 25.2 Å². The average molecular weight is 684 g/mol. The van der Waals surface area contributed by atoms with E-state index in [4.69, 9.17) is 42.4 Å². The second kappa shape index (κ2) is 13.8. The molecule has 0 bridgehead atoms. The number of alkyl carbamates (subject to hydrolysis) is 1. The summed E-state index contributed by atoms with van der Waals surface area (Å²) in [7, 11) is 1.44. The molecule has 250 valence electrons. The van der Waals surface area contributed by atoms with Gasteiger partial charge in [-0.2, -0.15) is 0 Å². The number of hydrogen-bond donors (Lipinski definition) is 1. The lowest BCUT2D eigenvalue weighted by atomic mass is 9.93. The third-order valence-corrected chi connectivity index (χ3v) is 9.25. The number of amides is 1. The molecule has 1 aromatic carbocycles. The number of fused-ring (bicyclic) bond motifs is 1. The molecule has 1 amide bonds. The molecule has 3 aromatic rings. The number of benzene rings is 1. The van der Waals surface area contributed by atoms with Crippen molar-refractivity contribution in [2.45, 2.75) is 58.2 Å². The minimum Gasteiger partial charge on any atom is -0.469 e. The molecule has 11 nitrogen and oxygen atoms in total. The fraction of sp³-hybridized carbons (Fsp3) is 0.500. The number of methoxy groups -OCH3 is 1. The van der Waals surface area contributed by atoms with Crippen molar-refractivity contribution in [2.24, 2.45) is 17.8 Å². The van der Waals surface area contributed by atoms with E-state index in [1.807, 2.05) is 45.0 Å². The summed E-state index contributed by atoms with van der Waals surface area (Å²) in [5.74, 6) is 2.38. The summed E-state index contributed by atoms with van der Waals surface area (Å²) in [6, 6.07) is 9.42. The molecule has 0 radical (unpaired) electrons. The van der Waals surface area contributed by atoms with E-state index < -0.39 is 5.60 Å². The number of likely N-dealkylation sites (tertiary alicyclic amines) is 1. The normalized spacial score (nSPS) is 21.2. The predicted octanol–water partition coefficient (Wildman–Crippen LogP) is 6.37. The highest BCUT2D eigenvalue weighted by Crippen LogP contribution is 2.46. The second-order valence-corrected chi connectivity index (χ2v) is 14.5. The molecule has 4 heterocycles. The molecule has 3 atom stereocenters. The first-order chi connectivity index (χ1) is 22.4. The summed E-state index contributed by atoms with van der Waals surface area (Å²) < 4.78 is 16.5. The first-order valence-electron chi connectivity index (χ1n) is 15.9. The van der Waals surface area contributed by atoms with E-state index in [1.165, 1.54) is 7.11 Å². The highest BCUT2D eigenvalue weighted by atomic mass is 35.5. The van der Waals surface area contributed by atoms with Crippen LogP contribution >= 0.6 is 23.2 Å². The number of piperidine rings is 2. The van der Waals surface area contributed by atoms with Gasteiger partial charge in [-0.05, 0) is 82.4 Å². The molecule has 2 aliphatic heterocycles. The molecular weight excluding hydrogens is 643 g/mol. The average Bonchev–Trinajstić information content (AvgIpc) is 3.42. The topological polar surface area (TPSA) is 119 Å². The Labute approximate surface area is 284 Å². The SMILES string of the molecule is COC(=O)CC1CCN(Cc2cc(Oc3cnc(N4C[C@@H]5C(NC(=O)OC(C)(C)C)[C@@H]5C4)nc3)nc(-c3cc(Cl)cc(Cl)c3)c2)CC1. The highest BCUT2D eigenvalue weighted by molar-refractivity contribution is 6.35. The Bertz CT molecular complexity index is 1580. The van der Waals surface area contributed by atoms with Gasteiger partial charge in [-0.1, -0.05) is 23.2 Å². The van der Waals surface area contributed by atoms with E-state index in [2.05, 4.69) is 25.1 Å². The molecule has 1 unspecified atom stereocenters. The van der Waals surface area contributed by atoms with Gasteiger partial charge in [-0.3, -0.25) is 9.69 Å². The van der Waals surface area contributed by atoms with Gasteiger partial charge in [0.15, 0.2) is 5.75 Å². The maximum atomic E-state index is 12.2. The summed E-state index contributed by atoms with van der Waals surface area (Å²) in [4.78, 5) is 42.3. The lowest BCUT2D eigenvalue weighted by molar-refractivity contribution is -0.142. The molecule has 3 aliphatic rings. The van der Waals surface area contributed by atoms with E-state index in [9.17, 15) is 9.59 Å². The van der Waals surface area contributed by atoms with Crippen molar-refractivity contribution < 1.29 is 23.8 Å². The summed E-state index contributed by atoms with van der Waals surface area (Å²) in [5.41, 5.74) is 1.97. The Kier molecular flexibility index (Phi) is 9.77. The Morgan fingerprint density at radius 3 is 2.26 bits per heavy atom. The molecule has 13 heteroatoms. The van der Waals surface area contributed by atoms with Crippen LogP contribution in [0.25, 0.3) is 11.3 Å². The van der Waals surface area contributed by atoms with Crippen LogP contribution in [0.5, 0.6) is 11.6 Å². The zero-order valence-corrected chi connectivity index (χ0v) is 28.6. The van der Waals surface area contributed by atoms with Crippen LogP contribution in [0, 0.1) is 17.8 Å². The summed E-state index contributed by atoms with van der Waals surface area (Å²) >= 11 is 12.7. The minimum atomic E-state index is -0.523. The van der Waals surface area contributed by atoms with Crippen LogP contribution in [-0.2, 0) is 20.8 Å². The number of carbonyl (C=O) groups excluding carboxylic acids is 2. The largest absolute Gasteiger partial charge is 0.469 e. The molecule has 1 aliphatic carbocycles. The number of pyridine rings is 1. The van der Waals surface area contributed by atoms with Gasteiger partial charge >= 0.3 is 12.1 Å². The van der Waals surface area contributed by atoms with Crippen molar-refractivity contribution in [3.8, 4) is 22.9 Å². The molecule has 3 fully saturated rings. The van der Waals surface area contributed by atoms with Gasteiger partial charge in [0.1, 0.15) is 5.60 Å². The van der Waals surface area contributed by atoms with Crippen LogP contribution < -0.4 is 15.0 Å². The van der Waals surface area contributed by atoms with Gasteiger partial charge in [0.2, 0.25) is 11.8 Å². The number of esters is 1. The summed E-state index contributed by atoms with van der Waals surface area (Å²) in [6.07, 6.45) is 5.26. The number of anilines is 1. The van der Waals surface area contributed by atoms with Crippen LogP contribution in [0.1, 0.15) is 45.6 Å². The van der Waals surface area contributed by atoms with Crippen molar-refractivity contribution in [3.63, 3.8) is 0 Å². The first-order valence-corrected chi connectivity index (χ1v) is 16.7. The van der Waals surface area contributed by atoms with E-state index in [0.29, 0.717) is 64.0 Å². The monoisotopic (exact) mass is 682 g/mol. The fourth-order valence-corrected chi connectivity index (χ4v) is 7.00. The highest BCUT2D eigenvalue weighted by Gasteiger charge is 2.57. The number of aromatic nitrogens is 3. The van der Waals surface area contributed by atoms with Gasteiger partial charge in [0.25, 0.3) is 0 Å². The summed E-state index contributed by atoms with van der Waals surface area (Å²) in [6.45, 7) is 9.55. The van der Waals surface area contributed by atoms with Crippen LogP contribution in [0.2, 0.25) is 10.0 Å².